The number of amides is 1. The number of ether oxygens (including phenoxy) is 2. The van der Waals surface area contributed by atoms with Gasteiger partial charge >= 0.3 is 0 Å². The van der Waals surface area contributed by atoms with Crippen LogP contribution in [0.1, 0.15) is 21.5 Å². The van der Waals surface area contributed by atoms with Gasteiger partial charge in [-0.2, -0.15) is 0 Å². The van der Waals surface area contributed by atoms with Crippen LogP contribution in [-0.4, -0.2) is 32.7 Å². The van der Waals surface area contributed by atoms with E-state index >= 15 is 0 Å². The van der Waals surface area contributed by atoms with Crippen LogP contribution in [0, 0.1) is 13.8 Å². The normalized spacial score (nSPS) is 10.8. The smallest absolute Gasteiger partial charge is 0.261 e. The highest BCUT2D eigenvalue weighted by Crippen LogP contribution is 2.21. The van der Waals surface area contributed by atoms with E-state index < -0.39 is 15.9 Å². The molecule has 0 aliphatic heterocycles. The summed E-state index contributed by atoms with van der Waals surface area (Å²) in [5, 5.41) is 5.58. The summed E-state index contributed by atoms with van der Waals surface area (Å²) in [6.07, 6.45) is 0. The summed E-state index contributed by atoms with van der Waals surface area (Å²) < 4.78 is 39.6. The first kappa shape index (κ1) is 28.6. The molecule has 4 aromatic rings. The van der Waals surface area contributed by atoms with E-state index in [1.54, 1.807) is 48.5 Å². The van der Waals surface area contributed by atoms with E-state index in [0.29, 0.717) is 29.3 Å². The number of hydrogen-bond acceptors (Lipinski definition) is 6. The van der Waals surface area contributed by atoms with E-state index in [1.165, 1.54) is 12.1 Å². The second-order valence-electron chi connectivity index (χ2n) is 8.92. The summed E-state index contributed by atoms with van der Waals surface area (Å²) in [6, 6.07) is 27.7. The quantitative estimate of drug-likeness (QED) is 0.165. The molecule has 0 radical (unpaired) electrons. The maximum absolute atomic E-state index is 12.9. The van der Waals surface area contributed by atoms with Crippen molar-refractivity contribution in [1.29, 1.82) is 0 Å². The molecule has 0 saturated heterocycles. The molecule has 0 heterocycles. The number of sulfonamides is 1. The predicted octanol–water partition coefficient (Wildman–Crippen LogP) is 5.69. The van der Waals surface area contributed by atoms with E-state index in [1.807, 2.05) is 50.2 Å². The number of hydrogen-bond donors (Lipinski definition) is 3. The molecule has 40 heavy (non-hydrogen) atoms. The van der Waals surface area contributed by atoms with Gasteiger partial charge in [0.2, 0.25) is 0 Å². The molecule has 206 valence electrons. The van der Waals surface area contributed by atoms with E-state index in [4.69, 9.17) is 21.7 Å². The Hall–Kier alpha value is -4.41. The summed E-state index contributed by atoms with van der Waals surface area (Å²) in [5.41, 5.74) is 3.23. The van der Waals surface area contributed by atoms with Crippen molar-refractivity contribution in [1.82, 2.24) is 5.32 Å². The molecule has 4 aromatic carbocycles. The molecule has 0 aliphatic rings. The van der Waals surface area contributed by atoms with Gasteiger partial charge in [-0.05, 0) is 97.9 Å². The van der Waals surface area contributed by atoms with Crippen LogP contribution in [0.15, 0.2) is 102 Å². The molecule has 0 fully saturated rings. The maximum Gasteiger partial charge on any atom is 0.261 e. The van der Waals surface area contributed by atoms with Gasteiger partial charge in [-0.25, -0.2) is 8.42 Å². The van der Waals surface area contributed by atoms with E-state index in [2.05, 4.69) is 15.4 Å². The Morgan fingerprint density at radius 2 is 1.40 bits per heavy atom. The lowest BCUT2D eigenvalue weighted by Gasteiger charge is -2.14. The van der Waals surface area contributed by atoms with Crippen LogP contribution >= 0.6 is 12.2 Å². The van der Waals surface area contributed by atoms with E-state index in [-0.39, 0.29) is 16.6 Å². The molecule has 0 bridgehead atoms. The van der Waals surface area contributed by atoms with Crippen LogP contribution in [-0.2, 0) is 10.0 Å². The molecule has 0 aliphatic carbocycles. The predicted molar refractivity (Wildman–Crippen MR) is 161 cm³/mol. The first-order valence-electron chi connectivity index (χ1n) is 12.4. The highest BCUT2D eigenvalue weighted by atomic mass is 32.2. The van der Waals surface area contributed by atoms with Gasteiger partial charge in [-0.3, -0.25) is 14.8 Å². The number of thiocarbonyl (C=S) groups is 1. The average Bonchev–Trinajstić information content (AvgIpc) is 2.91. The number of benzene rings is 4. The van der Waals surface area contributed by atoms with E-state index in [9.17, 15) is 13.2 Å². The molecule has 8 nitrogen and oxygen atoms in total. The van der Waals surface area contributed by atoms with Gasteiger partial charge in [0.15, 0.2) is 5.11 Å². The zero-order valence-corrected chi connectivity index (χ0v) is 23.6. The van der Waals surface area contributed by atoms with Gasteiger partial charge in [-0.1, -0.05) is 36.4 Å². The van der Waals surface area contributed by atoms with Gasteiger partial charge in [-0.15, -0.1) is 0 Å². The van der Waals surface area contributed by atoms with Gasteiger partial charge in [0.1, 0.15) is 24.7 Å². The lowest BCUT2D eigenvalue weighted by molar-refractivity contribution is 0.0972. The molecule has 3 N–H and O–H groups in total. The van der Waals surface area contributed by atoms with Crippen molar-refractivity contribution in [3.63, 3.8) is 0 Å². The fourth-order valence-electron chi connectivity index (χ4n) is 3.91. The molecule has 4 rings (SSSR count). The number of carbonyl (C=O) groups is 1. The minimum absolute atomic E-state index is 0.0520. The number of aryl methyl sites for hydroxylation is 2. The van der Waals surface area contributed by atoms with E-state index in [0.717, 1.165) is 16.9 Å². The van der Waals surface area contributed by atoms with Gasteiger partial charge in [0.05, 0.1) is 10.5 Å². The minimum Gasteiger partial charge on any atom is -0.490 e. The molecule has 10 heteroatoms. The first-order valence-corrected chi connectivity index (χ1v) is 14.3. The van der Waals surface area contributed by atoms with Crippen LogP contribution in [0.5, 0.6) is 11.5 Å². The van der Waals surface area contributed by atoms with Crippen LogP contribution in [0.3, 0.4) is 0 Å². The van der Waals surface area contributed by atoms with Gasteiger partial charge < -0.3 is 14.8 Å². The number of para-hydroxylation sites is 2. The number of anilines is 2. The molecule has 0 unspecified atom stereocenters. The zero-order valence-electron chi connectivity index (χ0n) is 22.0. The maximum atomic E-state index is 12.9. The molecule has 0 saturated carbocycles. The fraction of sp³-hybridized carbons (Fsp3) is 0.133. The highest BCUT2D eigenvalue weighted by molar-refractivity contribution is 7.92. The van der Waals surface area contributed by atoms with Crippen molar-refractivity contribution >= 4 is 44.6 Å². The minimum atomic E-state index is -3.78. The molecule has 0 aromatic heterocycles. The zero-order chi connectivity index (χ0) is 28.5. The summed E-state index contributed by atoms with van der Waals surface area (Å²) in [5.74, 6) is 0.677. The Labute approximate surface area is 239 Å². The number of rotatable bonds is 10. The van der Waals surface area contributed by atoms with Crippen molar-refractivity contribution in [2.75, 3.05) is 23.3 Å². The molecule has 0 atom stereocenters. The second kappa shape index (κ2) is 13.1. The summed E-state index contributed by atoms with van der Waals surface area (Å²) in [6.45, 7) is 4.36. The van der Waals surface area contributed by atoms with Crippen molar-refractivity contribution in [2.45, 2.75) is 18.7 Å². The Morgan fingerprint density at radius 3 is 2.10 bits per heavy atom. The van der Waals surface area contributed by atoms with Crippen molar-refractivity contribution in [3.8, 4) is 11.5 Å². The van der Waals surface area contributed by atoms with Crippen LogP contribution < -0.4 is 24.8 Å². The third kappa shape index (κ3) is 8.05. The Kier molecular flexibility index (Phi) is 9.36. The molecule has 1 amide bonds. The average molecular weight is 576 g/mol. The topological polar surface area (TPSA) is 106 Å². The second-order valence-corrected chi connectivity index (χ2v) is 11.0. The van der Waals surface area contributed by atoms with Crippen LogP contribution in [0.25, 0.3) is 0 Å². The van der Waals surface area contributed by atoms with Crippen molar-refractivity contribution in [2.24, 2.45) is 0 Å². The number of carbonyl (C=O) groups excluding carboxylic acids is 1. The van der Waals surface area contributed by atoms with Crippen molar-refractivity contribution < 1.29 is 22.7 Å². The molecular weight excluding hydrogens is 546 g/mol. The Balaban J connectivity index is 1.31. The SMILES string of the molecule is Cc1cc(C)cc(NS(=O)(=O)c2ccc(NC(=S)NC(=O)c3ccccc3OCCOc3ccccc3)cc2)c1. The third-order valence-electron chi connectivity index (χ3n) is 5.61. The standard InChI is InChI=1S/C30H29N3O5S2/c1-21-18-22(2)20-24(19-21)33-40(35,36)26-14-12-23(13-15-26)31-30(39)32-29(34)27-10-6-7-11-28(27)38-17-16-37-25-8-4-3-5-9-25/h3-15,18-20,33H,16-17H2,1-2H3,(H2,31,32,34,39). The van der Waals surface area contributed by atoms with Gasteiger partial charge in [0.25, 0.3) is 15.9 Å². The molecule has 0 spiro atoms. The summed E-state index contributed by atoms with van der Waals surface area (Å²) in [4.78, 5) is 13.0. The highest BCUT2D eigenvalue weighted by Gasteiger charge is 2.16. The van der Waals surface area contributed by atoms with Crippen LogP contribution in [0.2, 0.25) is 0 Å². The Morgan fingerprint density at radius 1 is 0.775 bits per heavy atom. The largest absolute Gasteiger partial charge is 0.490 e. The lowest BCUT2D eigenvalue weighted by atomic mass is 10.1. The summed E-state index contributed by atoms with van der Waals surface area (Å²) in [7, 11) is -3.78. The van der Waals surface area contributed by atoms with Crippen LogP contribution in [0.4, 0.5) is 11.4 Å². The number of nitrogens with one attached hydrogen (secondary N) is 3. The third-order valence-corrected chi connectivity index (χ3v) is 7.21. The lowest BCUT2D eigenvalue weighted by Crippen LogP contribution is -2.34. The van der Waals surface area contributed by atoms with Gasteiger partial charge in [0, 0.05) is 11.4 Å². The Bertz CT molecular complexity index is 1570. The molecular formula is C30H29N3O5S2. The monoisotopic (exact) mass is 575 g/mol. The first-order chi connectivity index (χ1) is 19.2. The summed E-state index contributed by atoms with van der Waals surface area (Å²) >= 11 is 5.30. The fourth-order valence-corrected chi connectivity index (χ4v) is 5.16. The van der Waals surface area contributed by atoms with Crippen molar-refractivity contribution in [3.05, 3.63) is 114 Å².